The summed E-state index contributed by atoms with van der Waals surface area (Å²) in [7, 11) is 0. The molecule has 3 rings (SSSR count). The highest BCUT2D eigenvalue weighted by molar-refractivity contribution is 5.61. The number of rotatable bonds is 5. The quantitative estimate of drug-likeness (QED) is 0.897. The van der Waals surface area contributed by atoms with E-state index >= 15 is 0 Å². The molecular formula is C18H22F3N3O. The van der Waals surface area contributed by atoms with Crippen LogP contribution in [-0.2, 0) is 6.42 Å². The minimum Gasteiger partial charge on any atom is -0.396 e. The number of hydrogen-bond donors (Lipinski definition) is 1. The van der Waals surface area contributed by atoms with Crippen LogP contribution in [0.4, 0.5) is 13.2 Å². The monoisotopic (exact) mass is 353 g/mol. The highest BCUT2D eigenvalue weighted by Gasteiger charge is 2.32. The van der Waals surface area contributed by atoms with Gasteiger partial charge in [0.25, 0.3) is 0 Å². The van der Waals surface area contributed by atoms with Crippen LogP contribution in [0, 0.1) is 0 Å². The molecule has 1 fully saturated rings. The van der Waals surface area contributed by atoms with Gasteiger partial charge in [-0.1, -0.05) is 24.3 Å². The average molecular weight is 353 g/mol. The number of benzene rings is 1. The summed E-state index contributed by atoms with van der Waals surface area (Å²) in [4.78, 5) is 1.46. The molecule has 0 saturated carbocycles. The van der Waals surface area contributed by atoms with Crippen LogP contribution in [-0.4, -0.2) is 52.2 Å². The van der Waals surface area contributed by atoms with Gasteiger partial charge < -0.3 is 5.11 Å². The summed E-state index contributed by atoms with van der Waals surface area (Å²) in [5, 5.41) is 13.4. The molecule has 0 atom stereocenters. The lowest BCUT2D eigenvalue weighted by atomic mass is 10.0. The van der Waals surface area contributed by atoms with Crippen molar-refractivity contribution in [3.63, 3.8) is 0 Å². The standard InChI is InChI=1S/C18H22F3N3O/c19-18(20,21)13-23-8-5-17(6-9-23)24-12-16(11-22-24)15-3-1-14(2-4-15)7-10-25/h1-4,11-12,17,25H,5-10,13H2. The maximum atomic E-state index is 12.5. The first kappa shape index (κ1) is 17.9. The van der Waals surface area contributed by atoms with Crippen molar-refractivity contribution in [2.45, 2.75) is 31.5 Å². The predicted molar refractivity (Wildman–Crippen MR) is 89.2 cm³/mol. The van der Waals surface area contributed by atoms with E-state index in [4.69, 9.17) is 5.11 Å². The van der Waals surface area contributed by atoms with Gasteiger partial charge in [0.05, 0.1) is 18.8 Å². The second kappa shape index (κ2) is 7.58. The van der Waals surface area contributed by atoms with Crippen molar-refractivity contribution in [3.05, 3.63) is 42.2 Å². The van der Waals surface area contributed by atoms with Gasteiger partial charge in [0, 0.05) is 31.5 Å². The number of piperidine rings is 1. The largest absolute Gasteiger partial charge is 0.401 e. The Morgan fingerprint density at radius 1 is 1.08 bits per heavy atom. The molecule has 1 aromatic heterocycles. The Balaban J connectivity index is 1.60. The SMILES string of the molecule is OCCc1ccc(-c2cnn(C3CCN(CC(F)(F)F)CC3)c2)cc1. The summed E-state index contributed by atoms with van der Waals surface area (Å²) in [5.74, 6) is 0. The molecule has 1 saturated heterocycles. The van der Waals surface area contributed by atoms with E-state index in [0.717, 1.165) is 16.7 Å². The minimum absolute atomic E-state index is 0.129. The summed E-state index contributed by atoms with van der Waals surface area (Å²) in [5.41, 5.74) is 3.12. The molecule has 1 aliphatic heterocycles. The van der Waals surface area contributed by atoms with Gasteiger partial charge in [-0.05, 0) is 30.4 Å². The Hall–Kier alpha value is -1.86. The molecular weight excluding hydrogens is 331 g/mol. The zero-order valence-electron chi connectivity index (χ0n) is 13.9. The van der Waals surface area contributed by atoms with E-state index in [9.17, 15) is 13.2 Å². The Labute approximate surface area is 144 Å². The third-order valence-electron chi connectivity index (χ3n) is 4.62. The van der Waals surface area contributed by atoms with E-state index in [0.29, 0.717) is 32.4 Å². The molecule has 2 aromatic rings. The van der Waals surface area contributed by atoms with E-state index in [-0.39, 0.29) is 12.6 Å². The van der Waals surface area contributed by atoms with Crippen molar-refractivity contribution in [1.29, 1.82) is 0 Å². The Bertz CT molecular complexity index is 674. The van der Waals surface area contributed by atoms with Crippen molar-refractivity contribution >= 4 is 0 Å². The number of hydrogen-bond acceptors (Lipinski definition) is 3. The van der Waals surface area contributed by atoms with Gasteiger partial charge in [-0.25, -0.2) is 0 Å². The molecule has 0 spiro atoms. The van der Waals surface area contributed by atoms with Gasteiger partial charge >= 0.3 is 6.18 Å². The molecule has 0 bridgehead atoms. The van der Waals surface area contributed by atoms with Crippen LogP contribution in [0.1, 0.15) is 24.4 Å². The molecule has 1 aliphatic rings. The Morgan fingerprint density at radius 3 is 2.36 bits per heavy atom. The fourth-order valence-electron chi connectivity index (χ4n) is 3.28. The fraction of sp³-hybridized carbons (Fsp3) is 0.500. The van der Waals surface area contributed by atoms with Crippen molar-refractivity contribution in [2.24, 2.45) is 0 Å². The van der Waals surface area contributed by atoms with Crippen LogP contribution in [0.15, 0.2) is 36.7 Å². The first-order valence-corrected chi connectivity index (χ1v) is 8.48. The summed E-state index contributed by atoms with van der Waals surface area (Å²) >= 11 is 0. The number of aromatic nitrogens is 2. The van der Waals surface area contributed by atoms with Crippen molar-refractivity contribution < 1.29 is 18.3 Å². The Kier molecular flexibility index (Phi) is 5.44. The topological polar surface area (TPSA) is 41.3 Å². The molecule has 0 unspecified atom stereocenters. The normalized spacial score (nSPS) is 17.1. The van der Waals surface area contributed by atoms with Crippen LogP contribution in [0.5, 0.6) is 0 Å². The summed E-state index contributed by atoms with van der Waals surface area (Å²) in [6, 6.07) is 8.11. The second-order valence-corrected chi connectivity index (χ2v) is 6.50. The molecule has 2 heterocycles. The van der Waals surface area contributed by atoms with E-state index in [1.165, 1.54) is 4.90 Å². The first-order chi connectivity index (χ1) is 11.9. The van der Waals surface area contributed by atoms with E-state index in [1.807, 2.05) is 35.1 Å². The van der Waals surface area contributed by atoms with Crippen LogP contribution in [0.25, 0.3) is 11.1 Å². The van der Waals surface area contributed by atoms with Gasteiger partial charge in [0.2, 0.25) is 0 Å². The average Bonchev–Trinajstić information content (AvgIpc) is 3.05. The molecule has 25 heavy (non-hydrogen) atoms. The predicted octanol–water partition coefficient (Wildman–Crippen LogP) is 3.28. The fourth-order valence-corrected chi connectivity index (χ4v) is 3.28. The summed E-state index contributed by atoms with van der Waals surface area (Å²) in [6.07, 6.45) is 1.61. The first-order valence-electron chi connectivity index (χ1n) is 8.48. The zero-order valence-corrected chi connectivity index (χ0v) is 13.9. The molecule has 4 nitrogen and oxygen atoms in total. The Morgan fingerprint density at radius 2 is 1.76 bits per heavy atom. The zero-order chi connectivity index (χ0) is 17.9. The molecule has 7 heteroatoms. The number of likely N-dealkylation sites (tertiary alicyclic amines) is 1. The molecule has 1 N–H and O–H groups in total. The van der Waals surface area contributed by atoms with Crippen LogP contribution in [0.3, 0.4) is 0 Å². The van der Waals surface area contributed by atoms with Gasteiger partial charge in [-0.15, -0.1) is 0 Å². The number of aliphatic hydroxyl groups is 1. The number of aliphatic hydroxyl groups excluding tert-OH is 1. The lowest BCUT2D eigenvalue weighted by molar-refractivity contribution is -0.148. The van der Waals surface area contributed by atoms with Crippen molar-refractivity contribution in [3.8, 4) is 11.1 Å². The van der Waals surface area contributed by atoms with Gasteiger partial charge in [0.15, 0.2) is 0 Å². The van der Waals surface area contributed by atoms with E-state index < -0.39 is 12.7 Å². The minimum atomic E-state index is -4.13. The van der Waals surface area contributed by atoms with Crippen LogP contribution >= 0.6 is 0 Å². The number of halogens is 3. The van der Waals surface area contributed by atoms with Crippen molar-refractivity contribution in [1.82, 2.24) is 14.7 Å². The van der Waals surface area contributed by atoms with E-state index in [2.05, 4.69) is 5.10 Å². The van der Waals surface area contributed by atoms with Crippen LogP contribution < -0.4 is 0 Å². The highest BCUT2D eigenvalue weighted by Crippen LogP contribution is 2.27. The second-order valence-electron chi connectivity index (χ2n) is 6.50. The van der Waals surface area contributed by atoms with Crippen molar-refractivity contribution in [2.75, 3.05) is 26.2 Å². The maximum absolute atomic E-state index is 12.5. The van der Waals surface area contributed by atoms with Gasteiger partial charge in [-0.2, -0.15) is 18.3 Å². The molecule has 0 radical (unpaired) electrons. The number of alkyl halides is 3. The van der Waals surface area contributed by atoms with Crippen LogP contribution in [0.2, 0.25) is 0 Å². The lowest BCUT2D eigenvalue weighted by Gasteiger charge is -2.32. The van der Waals surface area contributed by atoms with Gasteiger partial charge in [0.1, 0.15) is 0 Å². The maximum Gasteiger partial charge on any atom is 0.401 e. The third-order valence-corrected chi connectivity index (χ3v) is 4.62. The molecule has 1 aromatic carbocycles. The molecule has 136 valence electrons. The van der Waals surface area contributed by atoms with Gasteiger partial charge in [-0.3, -0.25) is 9.58 Å². The summed E-state index contributed by atoms with van der Waals surface area (Å²) < 4.78 is 39.2. The molecule has 0 amide bonds. The molecule has 0 aliphatic carbocycles. The smallest absolute Gasteiger partial charge is 0.396 e. The van der Waals surface area contributed by atoms with E-state index in [1.54, 1.807) is 6.20 Å². The number of nitrogens with zero attached hydrogens (tertiary/aromatic N) is 3. The highest BCUT2D eigenvalue weighted by atomic mass is 19.4. The third kappa shape index (κ3) is 4.83. The summed E-state index contributed by atoms with van der Waals surface area (Å²) in [6.45, 7) is 0.180. The lowest BCUT2D eigenvalue weighted by Crippen LogP contribution is -2.40.